The number of hydrogen-bond acceptors (Lipinski definition) is 5. The summed E-state index contributed by atoms with van der Waals surface area (Å²) >= 11 is 0. The van der Waals surface area contributed by atoms with E-state index in [0.29, 0.717) is 30.3 Å². The highest BCUT2D eigenvalue weighted by atomic mass is 16.5. The summed E-state index contributed by atoms with van der Waals surface area (Å²) in [4.78, 5) is 30.8. The van der Waals surface area contributed by atoms with Gasteiger partial charge in [-0.05, 0) is 50.5 Å². The lowest BCUT2D eigenvalue weighted by molar-refractivity contribution is -0.134. The number of nitrogens with zero attached hydrogens (tertiary/aromatic N) is 3. The van der Waals surface area contributed by atoms with Crippen molar-refractivity contribution in [3.8, 4) is 5.75 Å². The molecular formula is C18H23N5O3. The molecule has 0 saturated carbocycles. The minimum atomic E-state index is -0.283. The van der Waals surface area contributed by atoms with E-state index in [0.717, 1.165) is 19.3 Å². The molecule has 2 amide bonds. The topological polar surface area (TPSA) is 100 Å². The summed E-state index contributed by atoms with van der Waals surface area (Å²) < 4.78 is 5.36. The summed E-state index contributed by atoms with van der Waals surface area (Å²) in [7, 11) is 0. The summed E-state index contributed by atoms with van der Waals surface area (Å²) in [5.74, 6) is 0.999. The first-order chi connectivity index (χ1) is 12.7. The van der Waals surface area contributed by atoms with Crippen molar-refractivity contribution in [2.45, 2.75) is 32.2 Å². The Morgan fingerprint density at radius 3 is 2.81 bits per heavy atom. The highest BCUT2D eigenvalue weighted by Gasteiger charge is 2.29. The van der Waals surface area contributed by atoms with Gasteiger partial charge >= 0.3 is 0 Å². The molecule has 8 nitrogen and oxygen atoms in total. The van der Waals surface area contributed by atoms with Crippen molar-refractivity contribution < 1.29 is 14.3 Å². The molecule has 2 heterocycles. The van der Waals surface area contributed by atoms with Crippen LogP contribution in [0.4, 0.5) is 0 Å². The molecule has 8 heteroatoms. The van der Waals surface area contributed by atoms with Crippen molar-refractivity contribution in [1.82, 2.24) is 25.4 Å². The first kappa shape index (κ1) is 17.9. The molecule has 1 atom stereocenters. The minimum Gasteiger partial charge on any atom is -0.494 e. The van der Waals surface area contributed by atoms with Crippen molar-refractivity contribution in [2.75, 3.05) is 19.7 Å². The molecule has 1 fully saturated rings. The van der Waals surface area contributed by atoms with Gasteiger partial charge in [-0.25, -0.2) is 4.98 Å². The number of piperidine rings is 1. The molecule has 2 N–H and O–H groups in total. The van der Waals surface area contributed by atoms with Crippen molar-refractivity contribution in [3.63, 3.8) is 0 Å². The van der Waals surface area contributed by atoms with E-state index in [9.17, 15) is 9.59 Å². The van der Waals surface area contributed by atoms with Crippen LogP contribution in [0, 0.1) is 0 Å². The molecule has 0 spiro atoms. The van der Waals surface area contributed by atoms with Gasteiger partial charge in [-0.15, -0.1) is 0 Å². The summed E-state index contributed by atoms with van der Waals surface area (Å²) in [5, 5.41) is 9.41. The number of aromatic amines is 1. The number of carbonyl (C=O) groups is 2. The average molecular weight is 357 g/mol. The Kier molecular flexibility index (Phi) is 5.83. The number of carbonyl (C=O) groups excluding carboxylic acids is 2. The number of benzene rings is 1. The predicted octanol–water partition coefficient (Wildman–Crippen LogP) is 1.69. The van der Waals surface area contributed by atoms with Crippen LogP contribution in [0.2, 0.25) is 0 Å². The second-order valence-electron chi connectivity index (χ2n) is 6.11. The van der Waals surface area contributed by atoms with E-state index in [1.807, 2.05) is 6.92 Å². The van der Waals surface area contributed by atoms with E-state index in [1.54, 1.807) is 29.2 Å². The molecule has 1 aliphatic heterocycles. The van der Waals surface area contributed by atoms with Gasteiger partial charge in [0, 0.05) is 12.1 Å². The van der Waals surface area contributed by atoms with Gasteiger partial charge in [-0.3, -0.25) is 14.7 Å². The number of aromatic nitrogens is 3. The summed E-state index contributed by atoms with van der Waals surface area (Å²) in [5.41, 5.74) is 0.492. The van der Waals surface area contributed by atoms with Crippen LogP contribution in [0.5, 0.6) is 5.75 Å². The Morgan fingerprint density at radius 1 is 1.31 bits per heavy atom. The molecule has 0 bridgehead atoms. The Bertz CT molecular complexity index is 730. The van der Waals surface area contributed by atoms with Gasteiger partial charge in [0.2, 0.25) is 5.91 Å². The third-order valence-electron chi connectivity index (χ3n) is 4.40. The van der Waals surface area contributed by atoms with Crippen LogP contribution in [-0.4, -0.2) is 51.6 Å². The van der Waals surface area contributed by atoms with Crippen molar-refractivity contribution in [2.24, 2.45) is 0 Å². The molecule has 0 aliphatic carbocycles. The van der Waals surface area contributed by atoms with E-state index < -0.39 is 0 Å². The monoisotopic (exact) mass is 357 g/mol. The van der Waals surface area contributed by atoms with E-state index >= 15 is 0 Å². The lowest BCUT2D eigenvalue weighted by Gasteiger charge is -2.34. The fraction of sp³-hybridized carbons (Fsp3) is 0.444. The Labute approximate surface area is 151 Å². The van der Waals surface area contributed by atoms with Gasteiger partial charge < -0.3 is 15.0 Å². The maximum atomic E-state index is 12.6. The number of rotatable bonds is 6. The molecule has 138 valence electrons. The van der Waals surface area contributed by atoms with Crippen LogP contribution in [0.25, 0.3) is 0 Å². The fourth-order valence-corrected chi connectivity index (χ4v) is 3.12. The largest absolute Gasteiger partial charge is 0.494 e. The van der Waals surface area contributed by atoms with E-state index in [4.69, 9.17) is 4.74 Å². The third kappa shape index (κ3) is 4.19. The van der Waals surface area contributed by atoms with Gasteiger partial charge in [0.25, 0.3) is 5.91 Å². The predicted molar refractivity (Wildman–Crippen MR) is 94.6 cm³/mol. The van der Waals surface area contributed by atoms with E-state index in [2.05, 4.69) is 20.5 Å². The van der Waals surface area contributed by atoms with Crippen molar-refractivity contribution in [3.05, 3.63) is 42.0 Å². The van der Waals surface area contributed by atoms with Crippen LogP contribution in [0.15, 0.2) is 30.6 Å². The molecule has 26 heavy (non-hydrogen) atoms. The SMILES string of the molecule is CCOc1ccc(C(=O)NCC(=O)N2CCCCC2c2ncn[nH]2)cc1. The lowest BCUT2D eigenvalue weighted by atomic mass is 10.0. The molecule has 1 saturated heterocycles. The normalized spacial score (nSPS) is 17.0. The highest BCUT2D eigenvalue weighted by molar-refractivity contribution is 5.96. The van der Waals surface area contributed by atoms with Gasteiger partial charge in [0.1, 0.15) is 17.9 Å². The van der Waals surface area contributed by atoms with E-state index in [-0.39, 0.29) is 24.4 Å². The highest BCUT2D eigenvalue weighted by Crippen LogP contribution is 2.28. The molecule has 1 aliphatic rings. The van der Waals surface area contributed by atoms with Crippen LogP contribution < -0.4 is 10.1 Å². The Morgan fingerprint density at radius 2 is 2.12 bits per heavy atom. The van der Waals surface area contributed by atoms with Crippen LogP contribution in [0.3, 0.4) is 0 Å². The molecule has 3 rings (SSSR count). The van der Waals surface area contributed by atoms with Crippen LogP contribution in [0.1, 0.15) is 48.4 Å². The van der Waals surface area contributed by atoms with Gasteiger partial charge in [0.15, 0.2) is 0 Å². The standard InChI is InChI=1S/C18H23N5O3/c1-2-26-14-8-6-13(7-9-14)18(25)19-11-16(24)23-10-4-3-5-15(23)17-20-12-21-22-17/h6-9,12,15H,2-5,10-11H2,1H3,(H,19,25)(H,20,21,22). The zero-order valence-electron chi connectivity index (χ0n) is 14.8. The lowest BCUT2D eigenvalue weighted by Crippen LogP contribution is -2.44. The average Bonchev–Trinajstić information content (AvgIpc) is 3.21. The smallest absolute Gasteiger partial charge is 0.251 e. The third-order valence-corrected chi connectivity index (χ3v) is 4.40. The number of ether oxygens (including phenoxy) is 1. The first-order valence-electron chi connectivity index (χ1n) is 8.85. The van der Waals surface area contributed by atoms with E-state index in [1.165, 1.54) is 6.33 Å². The van der Waals surface area contributed by atoms with Crippen LogP contribution >= 0.6 is 0 Å². The molecule has 1 unspecified atom stereocenters. The molecular weight excluding hydrogens is 334 g/mol. The van der Waals surface area contributed by atoms with Crippen molar-refractivity contribution >= 4 is 11.8 Å². The number of likely N-dealkylation sites (tertiary alicyclic amines) is 1. The number of amides is 2. The summed E-state index contributed by atoms with van der Waals surface area (Å²) in [6.07, 6.45) is 4.27. The number of hydrogen-bond donors (Lipinski definition) is 2. The van der Waals surface area contributed by atoms with Crippen molar-refractivity contribution in [1.29, 1.82) is 0 Å². The second-order valence-corrected chi connectivity index (χ2v) is 6.11. The molecule has 0 radical (unpaired) electrons. The quantitative estimate of drug-likeness (QED) is 0.819. The molecule has 1 aromatic heterocycles. The molecule has 2 aromatic rings. The maximum absolute atomic E-state index is 12.6. The van der Waals surface area contributed by atoms with Gasteiger partial charge in [0.05, 0.1) is 19.2 Å². The second kappa shape index (κ2) is 8.46. The van der Waals surface area contributed by atoms with Crippen LogP contribution in [-0.2, 0) is 4.79 Å². The van der Waals surface area contributed by atoms with Gasteiger partial charge in [-0.2, -0.15) is 5.10 Å². The Balaban J connectivity index is 1.57. The summed E-state index contributed by atoms with van der Waals surface area (Å²) in [6, 6.07) is 6.74. The summed E-state index contributed by atoms with van der Waals surface area (Å²) in [6.45, 7) is 3.08. The maximum Gasteiger partial charge on any atom is 0.251 e. The minimum absolute atomic E-state index is 0.0450. The van der Waals surface area contributed by atoms with Gasteiger partial charge in [-0.1, -0.05) is 0 Å². The molecule has 1 aromatic carbocycles. The Hall–Kier alpha value is -2.90. The first-order valence-corrected chi connectivity index (χ1v) is 8.85. The fourth-order valence-electron chi connectivity index (χ4n) is 3.12. The zero-order valence-corrected chi connectivity index (χ0v) is 14.8. The number of nitrogens with one attached hydrogen (secondary N) is 2. The zero-order chi connectivity index (χ0) is 18.4. The number of H-pyrrole nitrogens is 1.